The van der Waals surface area contributed by atoms with Gasteiger partial charge in [0.25, 0.3) is 5.91 Å². The summed E-state index contributed by atoms with van der Waals surface area (Å²) in [5.41, 5.74) is 8.20. The Morgan fingerprint density at radius 2 is 1.95 bits per heavy atom. The number of aryl methyl sites for hydroxylation is 1. The Balaban J connectivity index is 2.15. The smallest absolute Gasteiger partial charge is 0.255 e. The van der Waals surface area contributed by atoms with Gasteiger partial charge < -0.3 is 10.6 Å². The lowest BCUT2D eigenvalue weighted by molar-refractivity contribution is 0.0748. The number of nitrogens with two attached hydrogens (primary N) is 1. The molecule has 0 saturated heterocycles. The summed E-state index contributed by atoms with van der Waals surface area (Å²) < 4.78 is 0. The van der Waals surface area contributed by atoms with Crippen LogP contribution in [0.3, 0.4) is 0 Å². The zero-order chi connectivity index (χ0) is 14.4. The summed E-state index contributed by atoms with van der Waals surface area (Å²) in [6.07, 6.45) is 1.62. The maximum absolute atomic E-state index is 12.5. The van der Waals surface area contributed by atoms with Gasteiger partial charge in [0.05, 0.1) is 5.56 Å². The van der Waals surface area contributed by atoms with Crippen LogP contribution >= 0.6 is 0 Å². The highest BCUT2D eigenvalue weighted by Gasteiger charge is 2.15. The van der Waals surface area contributed by atoms with Crippen molar-refractivity contribution in [2.45, 2.75) is 13.5 Å². The van der Waals surface area contributed by atoms with Gasteiger partial charge in [-0.05, 0) is 24.6 Å². The van der Waals surface area contributed by atoms with Crippen molar-refractivity contribution in [3.05, 3.63) is 65.5 Å². The molecule has 2 aromatic rings. The lowest BCUT2D eigenvalue weighted by Gasteiger charge is -2.22. The maximum Gasteiger partial charge on any atom is 0.255 e. The molecule has 1 aromatic carbocycles. The second-order valence-electron chi connectivity index (χ2n) is 4.69. The molecule has 0 fully saturated rings. The quantitative estimate of drug-likeness (QED) is 0.903. The van der Waals surface area contributed by atoms with Gasteiger partial charge >= 0.3 is 0 Å². The van der Waals surface area contributed by atoms with Crippen LogP contribution in [0.15, 0.2) is 48.7 Å². The molecule has 0 aliphatic carbocycles. The fourth-order valence-corrected chi connectivity index (χ4v) is 1.99. The molecule has 1 heterocycles. The molecule has 0 bridgehead atoms. The summed E-state index contributed by atoms with van der Waals surface area (Å²) in [4.78, 5) is 18.4. The van der Waals surface area contributed by atoms with E-state index in [2.05, 4.69) is 4.98 Å². The molecule has 1 amide bonds. The lowest BCUT2D eigenvalue weighted by Crippen LogP contribution is -2.35. The highest BCUT2D eigenvalue weighted by Crippen LogP contribution is 2.09. The maximum atomic E-state index is 12.5. The first-order chi connectivity index (χ1) is 9.70. The van der Waals surface area contributed by atoms with Crippen molar-refractivity contribution in [1.29, 1.82) is 0 Å². The molecule has 0 saturated carbocycles. The van der Waals surface area contributed by atoms with Gasteiger partial charge in [0.15, 0.2) is 0 Å². The van der Waals surface area contributed by atoms with Crippen LogP contribution in [0.4, 0.5) is 0 Å². The number of amides is 1. The predicted molar refractivity (Wildman–Crippen MR) is 79.2 cm³/mol. The first-order valence-corrected chi connectivity index (χ1v) is 6.66. The first-order valence-electron chi connectivity index (χ1n) is 6.66. The van der Waals surface area contributed by atoms with Crippen molar-refractivity contribution < 1.29 is 4.79 Å². The molecule has 0 spiro atoms. The fraction of sp³-hybridized carbons (Fsp3) is 0.250. The van der Waals surface area contributed by atoms with Gasteiger partial charge in [-0.2, -0.15) is 0 Å². The van der Waals surface area contributed by atoms with Crippen molar-refractivity contribution in [2.75, 3.05) is 13.1 Å². The molecular weight excluding hydrogens is 250 g/mol. The Morgan fingerprint density at radius 1 is 1.20 bits per heavy atom. The van der Waals surface area contributed by atoms with E-state index in [9.17, 15) is 4.79 Å². The summed E-state index contributed by atoms with van der Waals surface area (Å²) in [6.45, 7) is 3.43. The largest absolute Gasteiger partial charge is 0.333 e. The highest BCUT2D eigenvalue weighted by atomic mass is 16.2. The summed E-state index contributed by atoms with van der Waals surface area (Å²) in [6, 6.07) is 13.5. The monoisotopic (exact) mass is 269 g/mol. The van der Waals surface area contributed by atoms with E-state index in [1.165, 1.54) is 0 Å². The van der Waals surface area contributed by atoms with Gasteiger partial charge in [0.2, 0.25) is 0 Å². The topological polar surface area (TPSA) is 59.2 Å². The molecule has 1 aromatic heterocycles. The molecule has 104 valence electrons. The number of benzene rings is 1. The van der Waals surface area contributed by atoms with Crippen LogP contribution in [0, 0.1) is 6.92 Å². The number of carbonyl (C=O) groups is 1. The standard InChI is InChI=1S/C16H19N3O/c1-13-7-8-15(11-18-13)16(20)19(10-9-17)12-14-5-3-2-4-6-14/h2-8,11H,9-10,12,17H2,1H3. The van der Waals surface area contributed by atoms with E-state index in [1.807, 2.05) is 43.3 Å². The van der Waals surface area contributed by atoms with Crippen LogP contribution in [0.1, 0.15) is 21.6 Å². The Hall–Kier alpha value is -2.20. The van der Waals surface area contributed by atoms with Crippen LogP contribution in [0.25, 0.3) is 0 Å². The zero-order valence-corrected chi connectivity index (χ0v) is 11.6. The fourth-order valence-electron chi connectivity index (χ4n) is 1.99. The molecular formula is C16H19N3O. The molecule has 0 unspecified atom stereocenters. The summed E-state index contributed by atoms with van der Waals surface area (Å²) in [7, 11) is 0. The molecule has 2 rings (SSSR count). The number of hydrogen-bond acceptors (Lipinski definition) is 3. The number of carbonyl (C=O) groups excluding carboxylic acids is 1. The second-order valence-corrected chi connectivity index (χ2v) is 4.69. The van der Waals surface area contributed by atoms with Crippen LogP contribution in [-0.2, 0) is 6.54 Å². The third-order valence-electron chi connectivity index (χ3n) is 3.06. The average Bonchev–Trinajstić information content (AvgIpc) is 2.48. The third-order valence-corrected chi connectivity index (χ3v) is 3.06. The second kappa shape index (κ2) is 6.82. The minimum absolute atomic E-state index is 0.0354. The van der Waals surface area contributed by atoms with Crippen LogP contribution in [0.2, 0.25) is 0 Å². The van der Waals surface area contributed by atoms with Crippen molar-refractivity contribution in [2.24, 2.45) is 5.73 Å². The van der Waals surface area contributed by atoms with Gasteiger partial charge in [0, 0.05) is 31.5 Å². The molecule has 0 radical (unpaired) electrons. The van der Waals surface area contributed by atoms with Gasteiger partial charge in [-0.1, -0.05) is 30.3 Å². The molecule has 20 heavy (non-hydrogen) atoms. The summed E-state index contributed by atoms with van der Waals surface area (Å²) in [5, 5.41) is 0. The highest BCUT2D eigenvalue weighted by molar-refractivity contribution is 5.93. The van der Waals surface area contributed by atoms with Crippen molar-refractivity contribution in [3.8, 4) is 0 Å². The molecule has 2 N–H and O–H groups in total. The number of hydrogen-bond donors (Lipinski definition) is 1. The van der Waals surface area contributed by atoms with E-state index < -0.39 is 0 Å². The van der Waals surface area contributed by atoms with E-state index in [4.69, 9.17) is 5.73 Å². The predicted octanol–water partition coefficient (Wildman–Crippen LogP) is 1.99. The summed E-state index contributed by atoms with van der Waals surface area (Å²) >= 11 is 0. The SMILES string of the molecule is Cc1ccc(C(=O)N(CCN)Cc2ccccc2)cn1. The Morgan fingerprint density at radius 3 is 2.55 bits per heavy atom. The normalized spacial score (nSPS) is 10.3. The Bertz CT molecular complexity index is 552. The number of nitrogens with zero attached hydrogens (tertiary/aromatic N) is 2. The van der Waals surface area contributed by atoms with Crippen LogP contribution in [-0.4, -0.2) is 28.9 Å². The van der Waals surface area contributed by atoms with Crippen molar-refractivity contribution in [3.63, 3.8) is 0 Å². The minimum Gasteiger partial charge on any atom is -0.333 e. The average molecular weight is 269 g/mol. The minimum atomic E-state index is -0.0354. The summed E-state index contributed by atoms with van der Waals surface area (Å²) in [5.74, 6) is -0.0354. The first kappa shape index (κ1) is 14.2. The van der Waals surface area contributed by atoms with E-state index in [1.54, 1.807) is 17.2 Å². The molecule has 4 nitrogen and oxygen atoms in total. The Kier molecular flexibility index (Phi) is 4.85. The van der Waals surface area contributed by atoms with E-state index in [0.717, 1.165) is 11.3 Å². The molecule has 4 heteroatoms. The van der Waals surface area contributed by atoms with E-state index in [0.29, 0.717) is 25.2 Å². The molecule has 0 aliphatic heterocycles. The van der Waals surface area contributed by atoms with Gasteiger partial charge in [-0.15, -0.1) is 0 Å². The Labute approximate surface area is 119 Å². The number of pyridine rings is 1. The molecule has 0 aliphatic rings. The van der Waals surface area contributed by atoms with Gasteiger partial charge in [-0.3, -0.25) is 9.78 Å². The molecule has 0 atom stereocenters. The number of rotatable bonds is 5. The van der Waals surface area contributed by atoms with E-state index >= 15 is 0 Å². The third kappa shape index (κ3) is 3.65. The van der Waals surface area contributed by atoms with Gasteiger partial charge in [0.1, 0.15) is 0 Å². The van der Waals surface area contributed by atoms with Crippen LogP contribution in [0.5, 0.6) is 0 Å². The van der Waals surface area contributed by atoms with Crippen molar-refractivity contribution >= 4 is 5.91 Å². The zero-order valence-electron chi connectivity index (χ0n) is 11.6. The number of aromatic nitrogens is 1. The lowest BCUT2D eigenvalue weighted by atomic mass is 10.2. The van der Waals surface area contributed by atoms with Crippen molar-refractivity contribution in [1.82, 2.24) is 9.88 Å². The van der Waals surface area contributed by atoms with Crippen LogP contribution < -0.4 is 5.73 Å². The van der Waals surface area contributed by atoms with Gasteiger partial charge in [-0.25, -0.2) is 0 Å². The van der Waals surface area contributed by atoms with E-state index in [-0.39, 0.29) is 5.91 Å².